The SMILES string of the molecule is CC(C)n1nccc1-c1ncnc(Cl)c1[N+](=O)[O-]. The van der Waals surface area contributed by atoms with Crippen molar-refractivity contribution >= 4 is 17.3 Å². The minimum Gasteiger partial charge on any atom is -0.261 e. The van der Waals surface area contributed by atoms with E-state index in [1.54, 1.807) is 16.9 Å². The maximum atomic E-state index is 11.0. The number of hydrogen-bond donors (Lipinski definition) is 0. The predicted molar refractivity (Wildman–Crippen MR) is 65.3 cm³/mol. The monoisotopic (exact) mass is 267 g/mol. The Morgan fingerprint density at radius 3 is 2.78 bits per heavy atom. The van der Waals surface area contributed by atoms with Gasteiger partial charge in [0.2, 0.25) is 5.15 Å². The molecule has 0 aliphatic heterocycles. The molecule has 0 N–H and O–H groups in total. The van der Waals surface area contributed by atoms with Crippen molar-refractivity contribution in [1.29, 1.82) is 0 Å². The van der Waals surface area contributed by atoms with Gasteiger partial charge in [-0.2, -0.15) is 5.10 Å². The van der Waals surface area contributed by atoms with Gasteiger partial charge in [-0.1, -0.05) is 11.6 Å². The van der Waals surface area contributed by atoms with Gasteiger partial charge in [-0.25, -0.2) is 9.97 Å². The Bertz CT molecular complexity index is 596. The Kier molecular flexibility index (Phi) is 3.24. The van der Waals surface area contributed by atoms with E-state index >= 15 is 0 Å². The molecule has 8 heteroatoms. The first-order valence-corrected chi connectivity index (χ1v) is 5.59. The fourth-order valence-electron chi connectivity index (χ4n) is 1.62. The largest absolute Gasteiger partial charge is 0.334 e. The minimum absolute atomic E-state index is 0.0587. The second kappa shape index (κ2) is 4.69. The standard InChI is InChI=1S/C10H10ClN5O2/c1-6(2)15-7(3-4-14-15)8-9(16(17)18)10(11)13-5-12-8/h3-6H,1-2H3. The lowest BCUT2D eigenvalue weighted by Crippen LogP contribution is -2.07. The molecule has 18 heavy (non-hydrogen) atoms. The third-order valence-corrected chi connectivity index (χ3v) is 2.64. The highest BCUT2D eigenvalue weighted by atomic mass is 35.5. The fourth-order valence-corrected chi connectivity index (χ4v) is 1.82. The molecule has 2 rings (SSSR count). The summed E-state index contributed by atoms with van der Waals surface area (Å²) >= 11 is 5.75. The average Bonchev–Trinajstić information content (AvgIpc) is 2.76. The van der Waals surface area contributed by atoms with E-state index < -0.39 is 4.92 Å². The van der Waals surface area contributed by atoms with Gasteiger partial charge in [-0.05, 0) is 19.9 Å². The van der Waals surface area contributed by atoms with Crippen LogP contribution < -0.4 is 0 Å². The summed E-state index contributed by atoms with van der Waals surface area (Å²) in [6, 6.07) is 1.72. The van der Waals surface area contributed by atoms with Gasteiger partial charge in [0, 0.05) is 12.2 Å². The number of aromatic nitrogens is 4. The lowest BCUT2D eigenvalue weighted by Gasteiger charge is -2.10. The van der Waals surface area contributed by atoms with Crippen LogP contribution in [-0.2, 0) is 0 Å². The van der Waals surface area contributed by atoms with Crippen LogP contribution in [0, 0.1) is 10.1 Å². The number of nitrogens with zero attached hydrogens (tertiary/aromatic N) is 5. The van der Waals surface area contributed by atoms with Gasteiger partial charge < -0.3 is 0 Å². The van der Waals surface area contributed by atoms with Crippen LogP contribution in [0.3, 0.4) is 0 Å². The first-order chi connectivity index (χ1) is 8.52. The van der Waals surface area contributed by atoms with Crippen LogP contribution in [0.25, 0.3) is 11.4 Å². The second-order valence-corrected chi connectivity index (χ2v) is 4.23. The molecule has 0 aliphatic rings. The lowest BCUT2D eigenvalue weighted by molar-refractivity contribution is -0.384. The second-order valence-electron chi connectivity index (χ2n) is 3.87. The van der Waals surface area contributed by atoms with Gasteiger partial charge in [-0.3, -0.25) is 14.8 Å². The molecular formula is C10H10ClN5O2. The first kappa shape index (κ1) is 12.4. The van der Waals surface area contributed by atoms with Crippen molar-refractivity contribution < 1.29 is 4.92 Å². The van der Waals surface area contributed by atoms with E-state index in [2.05, 4.69) is 15.1 Å². The van der Waals surface area contributed by atoms with Crippen LogP contribution in [0.2, 0.25) is 5.15 Å². The zero-order chi connectivity index (χ0) is 13.3. The molecule has 7 nitrogen and oxygen atoms in total. The van der Waals surface area contributed by atoms with Crippen LogP contribution in [0.15, 0.2) is 18.6 Å². The van der Waals surface area contributed by atoms with Crippen molar-refractivity contribution in [1.82, 2.24) is 19.7 Å². The molecule has 0 atom stereocenters. The molecular weight excluding hydrogens is 258 g/mol. The van der Waals surface area contributed by atoms with Crippen LogP contribution in [0.1, 0.15) is 19.9 Å². The summed E-state index contributed by atoms with van der Waals surface area (Å²) in [5.41, 5.74) is 0.411. The van der Waals surface area contributed by atoms with Crippen molar-refractivity contribution in [3.05, 3.63) is 33.9 Å². The van der Waals surface area contributed by atoms with E-state index in [0.29, 0.717) is 5.69 Å². The molecule has 0 spiro atoms. The summed E-state index contributed by atoms with van der Waals surface area (Å²) in [5, 5.41) is 15.0. The molecule has 94 valence electrons. The molecule has 0 amide bonds. The molecule has 0 saturated carbocycles. The Hall–Kier alpha value is -2.02. The van der Waals surface area contributed by atoms with E-state index in [1.165, 1.54) is 6.33 Å². The average molecular weight is 268 g/mol. The van der Waals surface area contributed by atoms with Crippen LogP contribution in [0.5, 0.6) is 0 Å². The summed E-state index contributed by atoms with van der Waals surface area (Å²) in [4.78, 5) is 18.0. The van der Waals surface area contributed by atoms with Crippen molar-refractivity contribution in [2.45, 2.75) is 19.9 Å². The summed E-state index contributed by atoms with van der Waals surface area (Å²) in [5.74, 6) is 0. The Morgan fingerprint density at radius 1 is 1.44 bits per heavy atom. The van der Waals surface area contributed by atoms with Gasteiger partial charge in [0.1, 0.15) is 6.33 Å². The van der Waals surface area contributed by atoms with Crippen molar-refractivity contribution in [2.75, 3.05) is 0 Å². The Labute approximate surface area is 108 Å². The smallest absolute Gasteiger partial charge is 0.261 e. The summed E-state index contributed by atoms with van der Waals surface area (Å²) < 4.78 is 1.64. The van der Waals surface area contributed by atoms with Crippen LogP contribution >= 0.6 is 11.6 Å². The van der Waals surface area contributed by atoms with E-state index in [4.69, 9.17) is 11.6 Å². The molecule has 2 aromatic rings. The Morgan fingerprint density at radius 2 is 2.17 bits per heavy atom. The molecule has 0 aromatic carbocycles. The van der Waals surface area contributed by atoms with Gasteiger partial charge in [0.25, 0.3) is 0 Å². The highest BCUT2D eigenvalue weighted by molar-refractivity contribution is 6.31. The lowest BCUT2D eigenvalue weighted by atomic mass is 10.2. The molecule has 0 radical (unpaired) electrons. The maximum absolute atomic E-state index is 11.0. The number of halogens is 1. The van der Waals surface area contributed by atoms with E-state index in [0.717, 1.165) is 0 Å². The van der Waals surface area contributed by atoms with Gasteiger partial charge in [0.15, 0.2) is 5.69 Å². The molecule has 2 heterocycles. The topological polar surface area (TPSA) is 86.7 Å². The summed E-state index contributed by atoms with van der Waals surface area (Å²) in [6.45, 7) is 3.84. The fraction of sp³-hybridized carbons (Fsp3) is 0.300. The minimum atomic E-state index is -0.588. The van der Waals surface area contributed by atoms with Crippen molar-refractivity contribution in [2.24, 2.45) is 0 Å². The van der Waals surface area contributed by atoms with Crippen molar-refractivity contribution in [3.8, 4) is 11.4 Å². The van der Waals surface area contributed by atoms with Crippen LogP contribution in [-0.4, -0.2) is 24.7 Å². The third kappa shape index (κ3) is 2.04. The van der Waals surface area contributed by atoms with Crippen molar-refractivity contribution in [3.63, 3.8) is 0 Å². The predicted octanol–water partition coefficient (Wildman–Crippen LogP) is 2.48. The van der Waals surface area contributed by atoms with Gasteiger partial charge in [0.05, 0.1) is 10.6 Å². The van der Waals surface area contributed by atoms with Gasteiger partial charge >= 0.3 is 5.69 Å². The van der Waals surface area contributed by atoms with E-state index in [9.17, 15) is 10.1 Å². The number of rotatable bonds is 3. The molecule has 0 saturated heterocycles. The molecule has 0 fully saturated rings. The summed E-state index contributed by atoms with van der Waals surface area (Å²) in [6.07, 6.45) is 2.76. The highest BCUT2D eigenvalue weighted by Gasteiger charge is 2.25. The van der Waals surface area contributed by atoms with Crippen LogP contribution in [0.4, 0.5) is 5.69 Å². The molecule has 0 bridgehead atoms. The summed E-state index contributed by atoms with van der Waals surface area (Å²) in [7, 11) is 0. The molecule has 0 unspecified atom stereocenters. The quantitative estimate of drug-likeness (QED) is 0.484. The zero-order valence-corrected chi connectivity index (χ0v) is 10.5. The normalized spacial score (nSPS) is 10.9. The zero-order valence-electron chi connectivity index (χ0n) is 9.74. The number of nitro groups is 1. The first-order valence-electron chi connectivity index (χ1n) is 5.21. The maximum Gasteiger partial charge on any atom is 0.334 e. The third-order valence-electron chi connectivity index (χ3n) is 2.36. The Balaban J connectivity index is 2.68. The van der Waals surface area contributed by atoms with E-state index in [-0.39, 0.29) is 22.6 Å². The highest BCUT2D eigenvalue weighted by Crippen LogP contribution is 2.32. The van der Waals surface area contributed by atoms with E-state index in [1.807, 2.05) is 13.8 Å². The molecule has 2 aromatic heterocycles. The van der Waals surface area contributed by atoms with Gasteiger partial charge in [-0.15, -0.1) is 0 Å². The number of hydrogen-bond acceptors (Lipinski definition) is 5. The molecule has 0 aliphatic carbocycles.